The lowest BCUT2D eigenvalue weighted by atomic mass is 10.0. The Balaban J connectivity index is 2.66. The normalized spacial score (nSPS) is 10.5. The van der Waals surface area contributed by atoms with Gasteiger partial charge in [0.25, 0.3) is 0 Å². The zero-order valence-corrected chi connectivity index (χ0v) is 12.3. The molecule has 0 radical (unpaired) electrons. The lowest BCUT2D eigenvalue weighted by Crippen LogP contribution is -1.96. The largest absolute Gasteiger partial charge is 0.478 e. The third kappa shape index (κ3) is 2.82. The minimum atomic E-state index is -1.06. The predicted octanol–water partition coefficient (Wildman–Crippen LogP) is 5.67. The summed E-state index contributed by atoms with van der Waals surface area (Å²) in [6.07, 6.45) is 0. The van der Waals surface area contributed by atoms with Crippen LogP contribution < -0.4 is 0 Å². The number of hydrogen-bond donors (Lipinski definition) is 1. The first-order chi connectivity index (χ1) is 8.91. The van der Waals surface area contributed by atoms with Crippen LogP contribution in [-0.4, -0.2) is 11.1 Å². The molecule has 2 nitrogen and oxygen atoms in total. The topological polar surface area (TPSA) is 37.3 Å². The molecule has 0 bridgehead atoms. The summed E-state index contributed by atoms with van der Waals surface area (Å²) in [6, 6.07) is 7.50. The predicted molar refractivity (Wildman–Crippen MR) is 78.9 cm³/mol. The van der Waals surface area contributed by atoms with Crippen LogP contribution in [0.5, 0.6) is 0 Å². The molecule has 0 saturated carbocycles. The highest BCUT2D eigenvalue weighted by molar-refractivity contribution is 6.46. The summed E-state index contributed by atoms with van der Waals surface area (Å²) in [5.74, 6) is -1.06. The third-order valence-electron chi connectivity index (χ3n) is 2.53. The smallest absolute Gasteiger partial charge is 0.335 e. The first-order valence-corrected chi connectivity index (χ1v) is 6.59. The van der Waals surface area contributed by atoms with Crippen molar-refractivity contribution in [2.45, 2.75) is 0 Å². The molecule has 0 atom stereocenters. The number of halogens is 4. The van der Waals surface area contributed by atoms with Gasteiger partial charge in [0, 0.05) is 16.1 Å². The van der Waals surface area contributed by atoms with E-state index in [0.717, 1.165) is 0 Å². The summed E-state index contributed by atoms with van der Waals surface area (Å²) in [6.45, 7) is 0. The molecule has 0 unspecified atom stereocenters. The van der Waals surface area contributed by atoms with Crippen LogP contribution in [0, 0.1) is 0 Å². The Kier molecular flexibility index (Phi) is 4.26. The molecule has 1 N–H and O–H groups in total. The van der Waals surface area contributed by atoms with Crippen molar-refractivity contribution in [3.8, 4) is 11.1 Å². The van der Waals surface area contributed by atoms with Gasteiger partial charge in [-0.2, -0.15) is 0 Å². The molecule has 0 aliphatic carbocycles. The molecular formula is C13H6Cl4O2. The van der Waals surface area contributed by atoms with Gasteiger partial charge in [0.05, 0.1) is 20.6 Å². The molecule has 19 heavy (non-hydrogen) atoms. The molecule has 2 aromatic rings. The average molecular weight is 336 g/mol. The maximum atomic E-state index is 10.9. The Morgan fingerprint density at radius 2 is 1.53 bits per heavy atom. The van der Waals surface area contributed by atoms with Crippen molar-refractivity contribution in [2.24, 2.45) is 0 Å². The Morgan fingerprint density at radius 3 is 2.11 bits per heavy atom. The van der Waals surface area contributed by atoms with E-state index in [2.05, 4.69) is 0 Å². The van der Waals surface area contributed by atoms with Crippen LogP contribution in [0.25, 0.3) is 11.1 Å². The number of carboxylic acid groups (broad SMARTS) is 1. The Bertz CT molecular complexity index is 668. The maximum absolute atomic E-state index is 10.9. The van der Waals surface area contributed by atoms with Gasteiger partial charge in [-0.1, -0.05) is 52.5 Å². The van der Waals surface area contributed by atoms with Crippen molar-refractivity contribution in [3.05, 3.63) is 56.0 Å². The molecule has 0 saturated heterocycles. The second-order valence-electron chi connectivity index (χ2n) is 3.72. The Labute approximate surface area is 129 Å². The summed E-state index contributed by atoms with van der Waals surface area (Å²) in [7, 11) is 0. The van der Waals surface area contributed by atoms with Gasteiger partial charge in [0.1, 0.15) is 0 Å². The van der Waals surface area contributed by atoms with Crippen molar-refractivity contribution in [2.75, 3.05) is 0 Å². The van der Waals surface area contributed by atoms with Gasteiger partial charge in [-0.05, 0) is 24.3 Å². The molecule has 0 fully saturated rings. The number of benzene rings is 2. The third-order valence-corrected chi connectivity index (χ3v) is 3.96. The minimum Gasteiger partial charge on any atom is -0.478 e. The van der Waals surface area contributed by atoms with E-state index in [1.165, 1.54) is 12.1 Å². The Hall–Kier alpha value is -0.930. The highest BCUT2D eigenvalue weighted by Gasteiger charge is 2.16. The van der Waals surface area contributed by atoms with Crippen LogP contribution in [0.1, 0.15) is 10.4 Å². The summed E-state index contributed by atoms with van der Waals surface area (Å²) in [5, 5.41) is 10.1. The van der Waals surface area contributed by atoms with E-state index in [0.29, 0.717) is 21.2 Å². The molecule has 0 aromatic heterocycles. The molecule has 0 heterocycles. The quantitative estimate of drug-likeness (QED) is 0.718. The summed E-state index contributed by atoms with van der Waals surface area (Å²) in [5.41, 5.74) is 1.10. The highest BCUT2D eigenvalue weighted by atomic mass is 35.5. The lowest BCUT2D eigenvalue weighted by molar-refractivity contribution is 0.0697. The minimum absolute atomic E-state index is 0.0861. The highest BCUT2D eigenvalue weighted by Crippen LogP contribution is 2.41. The van der Waals surface area contributed by atoms with Gasteiger partial charge in [0.2, 0.25) is 0 Å². The van der Waals surface area contributed by atoms with E-state index in [9.17, 15) is 4.79 Å². The fourth-order valence-corrected chi connectivity index (χ4v) is 2.63. The zero-order chi connectivity index (χ0) is 14.2. The monoisotopic (exact) mass is 334 g/mol. The van der Waals surface area contributed by atoms with Crippen molar-refractivity contribution in [1.29, 1.82) is 0 Å². The first kappa shape index (κ1) is 14.5. The molecule has 0 amide bonds. The second-order valence-corrected chi connectivity index (χ2v) is 5.32. The van der Waals surface area contributed by atoms with Gasteiger partial charge in [-0.25, -0.2) is 4.79 Å². The van der Waals surface area contributed by atoms with Crippen LogP contribution in [0.15, 0.2) is 30.3 Å². The second kappa shape index (κ2) is 5.59. The standard InChI is InChI=1S/C13H6Cl4O2/c14-8-3-4-9(15)12(17)11(8)7-2-1-6(13(18)19)5-10(7)16/h1-5H,(H,18,19). The number of hydrogen-bond acceptors (Lipinski definition) is 1. The van der Waals surface area contributed by atoms with Gasteiger partial charge in [-0.15, -0.1) is 0 Å². The van der Waals surface area contributed by atoms with E-state index in [1.54, 1.807) is 18.2 Å². The van der Waals surface area contributed by atoms with Gasteiger partial charge in [0.15, 0.2) is 0 Å². The van der Waals surface area contributed by atoms with E-state index >= 15 is 0 Å². The summed E-state index contributed by atoms with van der Waals surface area (Å²) in [4.78, 5) is 10.9. The van der Waals surface area contributed by atoms with Crippen LogP contribution >= 0.6 is 46.4 Å². The fourth-order valence-electron chi connectivity index (χ4n) is 1.62. The van der Waals surface area contributed by atoms with Crippen LogP contribution in [0.4, 0.5) is 0 Å². The molecule has 2 rings (SSSR count). The van der Waals surface area contributed by atoms with Crippen LogP contribution in [0.2, 0.25) is 20.1 Å². The molecule has 98 valence electrons. The van der Waals surface area contributed by atoms with E-state index < -0.39 is 5.97 Å². The number of aromatic carboxylic acids is 1. The molecule has 0 aliphatic rings. The van der Waals surface area contributed by atoms with Crippen molar-refractivity contribution < 1.29 is 9.90 Å². The molecule has 0 aliphatic heterocycles. The number of rotatable bonds is 2. The maximum Gasteiger partial charge on any atom is 0.335 e. The molecule has 2 aromatic carbocycles. The lowest BCUT2D eigenvalue weighted by Gasteiger charge is -2.11. The van der Waals surface area contributed by atoms with Crippen LogP contribution in [-0.2, 0) is 0 Å². The summed E-state index contributed by atoms with van der Waals surface area (Å²) < 4.78 is 0. The average Bonchev–Trinajstić information content (AvgIpc) is 2.36. The van der Waals surface area contributed by atoms with E-state index in [1.807, 2.05) is 0 Å². The molecule has 6 heteroatoms. The zero-order valence-electron chi connectivity index (χ0n) is 9.25. The van der Waals surface area contributed by atoms with Crippen molar-refractivity contribution in [1.82, 2.24) is 0 Å². The SMILES string of the molecule is O=C(O)c1ccc(-c2c(Cl)ccc(Cl)c2Cl)c(Cl)c1. The number of carboxylic acids is 1. The molecular weight excluding hydrogens is 330 g/mol. The van der Waals surface area contributed by atoms with Gasteiger partial charge < -0.3 is 5.11 Å². The van der Waals surface area contributed by atoms with Gasteiger partial charge >= 0.3 is 5.97 Å². The summed E-state index contributed by atoms with van der Waals surface area (Å²) >= 11 is 24.2. The van der Waals surface area contributed by atoms with E-state index in [4.69, 9.17) is 51.5 Å². The van der Waals surface area contributed by atoms with Gasteiger partial charge in [-0.3, -0.25) is 0 Å². The van der Waals surface area contributed by atoms with Crippen LogP contribution in [0.3, 0.4) is 0 Å². The Morgan fingerprint density at radius 1 is 0.895 bits per heavy atom. The number of carbonyl (C=O) groups is 1. The first-order valence-electron chi connectivity index (χ1n) is 5.08. The molecule has 0 spiro atoms. The van der Waals surface area contributed by atoms with Crippen molar-refractivity contribution in [3.63, 3.8) is 0 Å². The van der Waals surface area contributed by atoms with E-state index in [-0.39, 0.29) is 15.6 Å². The fraction of sp³-hybridized carbons (Fsp3) is 0. The van der Waals surface area contributed by atoms with Crippen molar-refractivity contribution >= 4 is 52.4 Å².